The molecule has 1 aromatic carbocycles. The summed E-state index contributed by atoms with van der Waals surface area (Å²) in [7, 11) is 2.00. The zero-order chi connectivity index (χ0) is 13.5. The quantitative estimate of drug-likeness (QED) is 0.556. The number of para-hydroxylation sites is 1. The van der Waals surface area contributed by atoms with Crippen molar-refractivity contribution in [2.24, 2.45) is 7.05 Å². The van der Waals surface area contributed by atoms with Crippen molar-refractivity contribution in [1.29, 1.82) is 0 Å². The van der Waals surface area contributed by atoms with Gasteiger partial charge in [0.15, 0.2) is 5.76 Å². The van der Waals surface area contributed by atoms with Crippen molar-refractivity contribution in [3.05, 3.63) is 48.9 Å². The third-order valence-electron chi connectivity index (χ3n) is 3.28. The van der Waals surface area contributed by atoms with E-state index < -0.39 is 0 Å². The third-order valence-corrected chi connectivity index (χ3v) is 3.28. The lowest BCUT2D eigenvalue weighted by Gasteiger charge is -1.93. The van der Waals surface area contributed by atoms with Crippen LogP contribution in [-0.2, 0) is 7.05 Å². The minimum absolute atomic E-state index is 0.387. The number of nitrogens with zero attached hydrogens (tertiary/aromatic N) is 3. The molecule has 4 aromatic rings. The molecule has 0 aliphatic rings. The van der Waals surface area contributed by atoms with Crippen LogP contribution in [0.1, 0.15) is 0 Å². The van der Waals surface area contributed by atoms with Crippen LogP contribution in [0.2, 0.25) is 0 Å². The van der Waals surface area contributed by atoms with Crippen molar-refractivity contribution in [2.75, 3.05) is 0 Å². The number of fused-ring (bicyclic) bond motifs is 1. The normalized spacial score (nSPS) is 11.2. The molecule has 0 fully saturated rings. The van der Waals surface area contributed by atoms with Crippen LogP contribution in [0, 0.1) is 0 Å². The second-order valence-corrected chi connectivity index (χ2v) is 4.56. The highest BCUT2D eigenvalue weighted by molar-refractivity contribution is 5.93. The fourth-order valence-electron chi connectivity index (χ4n) is 2.34. The molecule has 4 rings (SSSR count). The Morgan fingerprint density at radius 2 is 1.85 bits per heavy atom. The van der Waals surface area contributed by atoms with E-state index in [1.54, 1.807) is 18.4 Å². The molecule has 0 saturated heterocycles. The van der Waals surface area contributed by atoms with Gasteiger partial charge in [-0.1, -0.05) is 18.2 Å². The number of hydrogen-bond donors (Lipinski definition) is 0. The second-order valence-electron chi connectivity index (χ2n) is 4.56. The van der Waals surface area contributed by atoms with Crippen molar-refractivity contribution in [1.82, 2.24) is 14.8 Å². The first-order valence-corrected chi connectivity index (χ1v) is 6.25. The fraction of sp³-hybridized carbons (Fsp3) is 0.0667. The Bertz CT molecular complexity index is 872. The summed E-state index contributed by atoms with van der Waals surface area (Å²) in [5.74, 6) is 1.45. The molecule has 0 aliphatic heterocycles. The van der Waals surface area contributed by atoms with E-state index in [0.717, 1.165) is 16.5 Å². The maximum Gasteiger partial charge on any atom is 0.283 e. The molecule has 0 saturated carbocycles. The molecule has 0 aliphatic carbocycles. The Morgan fingerprint density at radius 1 is 1.00 bits per heavy atom. The molecule has 0 spiro atoms. The predicted molar refractivity (Wildman–Crippen MR) is 73.9 cm³/mol. The minimum Gasteiger partial charge on any atom is -0.459 e. The van der Waals surface area contributed by atoms with E-state index in [1.165, 1.54) is 0 Å². The molecule has 3 aromatic heterocycles. The van der Waals surface area contributed by atoms with Crippen molar-refractivity contribution in [3.8, 4) is 23.1 Å². The maximum atomic E-state index is 5.71. The first-order chi connectivity index (χ1) is 9.83. The highest BCUT2D eigenvalue weighted by Crippen LogP contribution is 2.30. The van der Waals surface area contributed by atoms with E-state index >= 15 is 0 Å². The van der Waals surface area contributed by atoms with Gasteiger partial charge in [-0.15, -0.1) is 10.2 Å². The van der Waals surface area contributed by atoms with Gasteiger partial charge in [0, 0.05) is 24.1 Å². The molecule has 5 heteroatoms. The van der Waals surface area contributed by atoms with E-state index in [0.29, 0.717) is 17.5 Å². The van der Waals surface area contributed by atoms with Crippen LogP contribution in [0.15, 0.2) is 57.7 Å². The summed E-state index contributed by atoms with van der Waals surface area (Å²) in [6.45, 7) is 0. The molecule has 0 bridgehead atoms. The van der Waals surface area contributed by atoms with E-state index in [2.05, 4.69) is 16.3 Å². The Kier molecular flexibility index (Phi) is 2.26. The molecule has 0 atom stereocenters. The highest BCUT2D eigenvalue weighted by Gasteiger charge is 2.16. The zero-order valence-corrected chi connectivity index (χ0v) is 10.8. The average molecular weight is 265 g/mol. The highest BCUT2D eigenvalue weighted by atomic mass is 16.4. The lowest BCUT2D eigenvalue weighted by Crippen LogP contribution is -1.81. The second kappa shape index (κ2) is 4.09. The Morgan fingerprint density at radius 3 is 2.70 bits per heavy atom. The van der Waals surface area contributed by atoms with Gasteiger partial charge in [-0.25, -0.2) is 0 Å². The van der Waals surface area contributed by atoms with Gasteiger partial charge in [-0.3, -0.25) is 0 Å². The van der Waals surface area contributed by atoms with Gasteiger partial charge in [0.05, 0.1) is 11.8 Å². The fourth-order valence-corrected chi connectivity index (χ4v) is 2.34. The monoisotopic (exact) mass is 265 g/mol. The van der Waals surface area contributed by atoms with E-state index in [1.807, 2.05) is 36.0 Å². The minimum atomic E-state index is 0.387. The number of aryl methyl sites for hydroxylation is 1. The van der Waals surface area contributed by atoms with Crippen molar-refractivity contribution in [3.63, 3.8) is 0 Å². The standard InChI is InChI=1S/C15H11N3O2/c1-18-9-11(10-5-2-3-6-12(10)18)14-16-17-15(20-14)13-7-4-8-19-13/h2-9H,1H3. The van der Waals surface area contributed by atoms with Gasteiger partial charge in [0.1, 0.15) is 0 Å². The number of furan rings is 1. The molecule has 98 valence electrons. The van der Waals surface area contributed by atoms with E-state index in [9.17, 15) is 0 Å². The molecule has 0 unspecified atom stereocenters. The van der Waals surface area contributed by atoms with Gasteiger partial charge in [-0.05, 0) is 18.2 Å². The molecule has 0 radical (unpaired) electrons. The summed E-state index contributed by atoms with van der Waals surface area (Å²) in [5, 5.41) is 9.23. The van der Waals surface area contributed by atoms with Crippen LogP contribution in [0.5, 0.6) is 0 Å². The summed E-state index contributed by atoms with van der Waals surface area (Å²) < 4.78 is 13.0. The molecule has 0 amide bonds. The zero-order valence-electron chi connectivity index (χ0n) is 10.8. The van der Waals surface area contributed by atoms with Crippen molar-refractivity contribution >= 4 is 10.9 Å². The Labute approximate surface area is 114 Å². The summed E-state index contributed by atoms with van der Waals surface area (Å²) in [4.78, 5) is 0. The lowest BCUT2D eigenvalue weighted by molar-refractivity contribution is 0.523. The summed E-state index contributed by atoms with van der Waals surface area (Å²) >= 11 is 0. The first-order valence-electron chi connectivity index (χ1n) is 6.25. The van der Waals surface area contributed by atoms with Crippen molar-refractivity contribution < 1.29 is 8.83 Å². The average Bonchev–Trinajstić information content (AvgIpc) is 3.17. The molecular weight excluding hydrogens is 254 g/mol. The van der Waals surface area contributed by atoms with Gasteiger partial charge in [0.2, 0.25) is 5.89 Å². The van der Waals surface area contributed by atoms with Gasteiger partial charge >= 0.3 is 0 Å². The van der Waals surface area contributed by atoms with Crippen LogP contribution in [-0.4, -0.2) is 14.8 Å². The number of benzene rings is 1. The van der Waals surface area contributed by atoms with E-state index in [-0.39, 0.29) is 0 Å². The van der Waals surface area contributed by atoms with Gasteiger partial charge in [-0.2, -0.15) is 0 Å². The number of hydrogen-bond acceptors (Lipinski definition) is 4. The SMILES string of the molecule is Cn1cc(-c2nnc(-c3ccco3)o2)c2ccccc21. The Hall–Kier alpha value is -2.82. The van der Waals surface area contributed by atoms with Crippen LogP contribution >= 0.6 is 0 Å². The first kappa shape index (κ1) is 11.0. The largest absolute Gasteiger partial charge is 0.459 e. The number of aromatic nitrogens is 3. The topological polar surface area (TPSA) is 57.0 Å². The molecular formula is C15H11N3O2. The van der Waals surface area contributed by atoms with Crippen LogP contribution < -0.4 is 0 Å². The summed E-state index contributed by atoms with van der Waals surface area (Å²) in [5.41, 5.74) is 2.05. The van der Waals surface area contributed by atoms with Crippen LogP contribution in [0.4, 0.5) is 0 Å². The Balaban J connectivity index is 1.88. The summed E-state index contributed by atoms with van der Waals surface area (Å²) in [6.07, 6.45) is 3.57. The van der Waals surface area contributed by atoms with Gasteiger partial charge < -0.3 is 13.4 Å². The smallest absolute Gasteiger partial charge is 0.283 e. The lowest BCUT2D eigenvalue weighted by atomic mass is 10.2. The number of rotatable bonds is 2. The molecule has 20 heavy (non-hydrogen) atoms. The van der Waals surface area contributed by atoms with Crippen LogP contribution in [0.3, 0.4) is 0 Å². The van der Waals surface area contributed by atoms with Crippen LogP contribution in [0.25, 0.3) is 34.0 Å². The molecule has 3 heterocycles. The maximum absolute atomic E-state index is 5.71. The van der Waals surface area contributed by atoms with Gasteiger partial charge in [0.25, 0.3) is 5.89 Å². The summed E-state index contributed by atoms with van der Waals surface area (Å²) in [6, 6.07) is 11.7. The van der Waals surface area contributed by atoms with E-state index in [4.69, 9.17) is 8.83 Å². The third kappa shape index (κ3) is 1.56. The van der Waals surface area contributed by atoms with Crippen molar-refractivity contribution in [2.45, 2.75) is 0 Å². The molecule has 0 N–H and O–H groups in total. The molecule has 5 nitrogen and oxygen atoms in total. The predicted octanol–water partition coefficient (Wildman–Crippen LogP) is 3.49.